The van der Waals surface area contributed by atoms with Crippen LogP contribution in [0.3, 0.4) is 0 Å². The monoisotopic (exact) mass is 224 g/mol. The van der Waals surface area contributed by atoms with Gasteiger partial charge >= 0.3 is 0 Å². The van der Waals surface area contributed by atoms with Crippen molar-refractivity contribution in [1.82, 2.24) is 10.3 Å². The second-order valence-corrected chi connectivity index (χ2v) is 3.78. The lowest BCUT2D eigenvalue weighted by Gasteiger charge is -2.06. The molecule has 1 rings (SSSR count). The van der Waals surface area contributed by atoms with Gasteiger partial charge in [-0.15, -0.1) is 0 Å². The van der Waals surface area contributed by atoms with Crippen molar-refractivity contribution in [2.24, 2.45) is 0 Å². The maximum absolute atomic E-state index is 11.5. The van der Waals surface area contributed by atoms with Gasteiger partial charge in [-0.05, 0) is 32.4 Å². The van der Waals surface area contributed by atoms with Crippen molar-refractivity contribution in [3.8, 4) is 0 Å². The Labute approximate surface area is 93.5 Å². The summed E-state index contributed by atoms with van der Waals surface area (Å²) < 4.78 is 0. The molecule has 0 aliphatic carbocycles. The van der Waals surface area contributed by atoms with Crippen LogP contribution in [0.1, 0.15) is 29.4 Å². The third-order valence-electron chi connectivity index (χ3n) is 2.15. The number of rotatable bonds is 4. The second kappa shape index (κ2) is 5.46. The Hall–Kier alpha value is -1.62. The Kier molecular flexibility index (Phi) is 4.25. The van der Waals surface area contributed by atoms with Crippen LogP contribution in [-0.2, 0) is 0 Å². The molecule has 0 fully saturated rings. The molecule has 0 aliphatic heterocycles. The zero-order valence-corrected chi connectivity index (χ0v) is 9.41. The van der Waals surface area contributed by atoms with Crippen molar-refractivity contribution in [1.29, 1.82) is 0 Å². The van der Waals surface area contributed by atoms with Gasteiger partial charge in [0.15, 0.2) is 0 Å². The fraction of sp³-hybridized carbons (Fsp3) is 0.455. The summed E-state index contributed by atoms with van der Waals surface area (Å²) in [5.74, 6) is -0.415. The standard InChI is InChI=1S/C11H16N2O3/c1-7-3-4-9(11(16)13-7)10(15)12-6-5-8(2)14/h3-4,8,14H,5-6H2,1-2H3,(H,12,15)(H,13,16). The maximum Gasteiger partial charge on any atom is 0.260 e. The lowest BCUT2D eigenvalue weighted by molar-refractivity contribution is 0.0944. The molecule has 5 nitrogen and oxygen atoms in total. The SMILES string of the molecule is Cc1ccc(C(=O)NCCC(C)O)c(=O)[nH]1. The third-order valence-corrected chi connectivity index (χ3v) is 2.15. The van der Waals surface area contributed by atoms with Crippen molar-refractivity contribution in [2.75, 3.05) is 6.54 Å². The van der Waals surface area contributed by atoms with Crippen LogP contribution >= 0.6 is 0 Å². The van der Waals surface area contributed by atoms with E-state index in [1.807, 2.05) is 0 Å². The molecule has 0 bridgehead atoms. The fourth-order valence-electron chi connectivity index (χ4n) is 1.24. The maximum atomic E-state index is 11.5. The first-order valence-electron chi connectivity index (χ1n) is 5.17. The molecule has 1 heterocycles. The number of aliphatic hydroxyl groups excluding tert-OH is 1. The van der Waals surface area contributed by atoms with Gasteiger partial charge in [-0.3, -0.25) is 9.59 Å². The van der Waals surface area contributed by atoms with E-state index in [0.29, 0.717) is 18.7 Å². The number of hydrogen-bond acceptors (Lipinski definition) is 3. The van der Waals surface area contributed by atoms with E-state index in [2.05, 4.69) is 10.3 Å². The van der Waals surface area contributed by atoms with Gasteiger partial charge in [0.2, 0.25) is 0 Å². The number of nitrogens with one attached hydrogen (secondary N) is 2. The van der Waals surface area contributed by atoms with Crippen LogP contribution in [0, 0.1) is 6.92 Å². The van der Waals surface area contributed by atoms with Gasteiger partial charge in [-0.1, -0.05) is 0 Å². The van der Waals surface area contributed by atoms with Gasteiger partial charge in [-0.2, -0.15) is 0 Å². The first kappa shape index (κ1) is 12.4. The number of H-pyrrole nitrogens is 1. The second-order valence-electron chi connectivity index (χ2n) is 3.78. The number of aromatic nitrogens is 1. The number of aliphatic hydroxyl groups is 1. The number of carbonyl (C=O) groups excluding carboxylic acids is 1. The predicted octanol–water partition coefficient (Wildman–Crippen LogP) is 0.184. The van der Waals surface area contributed by atoms with Crippen molar-refractivity contribution < 1.29 is 9.90 Å². The Morgan fingerprint density at radius 2 is 2.25 bits per heavy atom. The van der Waals surface area contributed by atoms with Gasteiger partial charge in [0.1, 0.15) is 5.56 Å². The van der Waals surface area contributed by atoms with Crippen LogP contribution in [-0.4, -0.2) is 28.6 Å². The number of aryl methyl sites for hydroxylation is 1. The average molecular weight is 224 g/mol. The summed E-state index contributed by atoms with van der Waals surface area (Å²) in [7, 11) is 0. The molecular formula is C11H16N2O3. The van der Waals surface area contributed by atoms with Crippen LogP contribution in [0.4, 0.5) is 0 Å². The van der Waals surface area contributed by atoms with E-state index >= 15 is 0 Å². The fourth-order valence-corrected chi connectivity index (χ4v) is 1.24. The van der Waals surface area contributed by atoms with Crippen molar-refractivity contribution in [2.45, 2.75) is 26.4 Å². The molecule has 1 aromatic rings. The van der Waals surface area contributed by atoms with Crippen LogP contribution in [0.15, 0.2) is 16.9 Å². The predicted molar refractivity (Wildman–Crippen MR) is 60.4 cm³/mol. The highest BCUT2D eigenvalue weighted by Gasteiger charge is 2.09. The van der Waals surface area contributed by atoms with Gasteiger partial charge in [-0.25, -0.2) is 0 Å². The van der Waals surface area contributed by atoms with E-state index in [-0.39, 0.29) is 5.56 Å². The molecule has 1 unspecified atom stereocenters. The molecule has 0 saturated carbocycles. The number of aromatic amines is 1. The molecular weight excluding hydrogens is 208 g/mol. The number of carbonyl (C=O) groups is 1. The van der Waals surface area contributed by atoms with Crippen LogP contribution < -0.4 is 10.9 Å². The van der Waals surface area contributed by atoms with Crippen LogP contribution in [0.2, 0.25) is 0 Å². The molecule has 1 atom stereocenters. The van der Waals surface area contributed by atoms with Crippen LogP contribution in [0.25, 0.3) is 0 Å². The number of pyridine rings is 1. The molecule has 0 radical (unpaired) electrons. The molecule has 3 N–H and O–H groups in total. The molecule has 5 heteroatoms. The Bertz CT molecular complexity index is 423. The molecule has 0 saturated heterocycles. The molecule has 88 valence electrons. The summed E-state index contributed by atoms with van der Waals surface area (Å²) in [5.41, 5.74) is 0.413. The Morgan fingerprint density at radius 1 is 1.56 bits per heavy atom. The Balaban J connectivity index is 2.63. The number of amides is 1. The molecule has 1 amide bonds. The highest BCUT2D eigenvalue weighted by Crippen LogP contribution is 1.94. The highest BCUT2D eigenvalue weighted by molar-refractivity contribution is 5.93. The summed E-state index contributed by atoms with van der Waals surface area (Å²) in [5, 5.41) is 11.6. The summed E-state index contributed by atoms with van der Waals surface area (Å²) in [6.45, 7) is 3.74. The lowest BCUT2D eigenvalue weighted by Crippen LogP contribution is -2.31. The summed E-state index contributed by atoms with van der Waals surface area (Å²) in [6.07, 6.45) is 0.00628. The van der Waals surface area contributed by atoms with Crippen LogP contribution in [0.5, 0.6) is 0 Å². The van der Waals surface area contributed by atoms with Gasteiger partial charge < -0.3 is 15.4 Å². The first-order chi connectivity index (χ1) is 7.50. The minimum atomic E-state index is -0.461. The van der Waals surface area contributed by atoms with E-state index < -0.39 is 17.6 Å². The van der Waals surface area contributed by atoms with Gasteiger partial charge in [0.05, 0.1) is 6.10 Å². The Morgan fingerprint density at radius 3 is 2.81 bits per heavy atom. The summed E-state index contributed by atoms with van der Waals surface area (Å²) in [4.78, 5) is 25.5. The normalized spacial score (nSPS) is 12.2. The molecule has 0 spiro atoms. The molecule has 1 aromatic heterocycles. The van der Waals surface area contributed by atoms with Crippen molar-refractivity contribution in [3.63, 3.8) is 0 Å². The van der Waals surface area contributed by atoms with Gasteiger partial charge in [0.25, 0.3) is 11.5 Å². The quantitative estimate of drug-likeness (QED) is 0.682. The van der Waals surface area contributed by atoms with Crippen molar-refractivity contribution in [3.05, 3.63) is 33.7 Å². The minimum absolute atomic E-state index is 0.0937. The summed E-state index contributed by atoms with van der Waals surface area (Å²) >= 11 is 0. The van der Waals surface area contributed by atoms with E-state index in [4.69, 9.17) is 5.11 Å². The molecule has 16 heavy (non-hydrogen) atoms. The molecule has 0 aliphatic rings. The molecule has 0 aromatic carbocycles. The van der Waals surface area contributed by atoms with Gasteiger partial charge in [0, 0.05) is 12.2 Å². The smallest absolute Gasteiger partial charge is 0.260 e. The van der Waals surface area contributed by atoms with E-state index in [1.165, 1.54) is 6.07 Å². The first-order valence-corrected chi connectivity index (χ1v) is 5.17. The lowest BCUT2D eigenvalue weighted by atomic mass is 10.2. The van der Waals surface area contributed by atoms with E-state index in [0.717, 1.165) is 0 Å². The van der Waals surface area contributed by atoms with E-state index in [1.54, 1.807) is 19.9 Å². The minimum Gasteiger partial charge on any atom is -0.393 e. The summed E-state index contributed by atoms with van der Waals surface area (Å²) in [6, 6.07) is 3.16. The highest BCUT2D eigenvalue weighted by atomic mass is 16.3. The van der Waals surface area contributed by atoms with E-state index in [9.17, 15) is 9.59 Å². The third kappa shape index (κ3) is 3.51. The zero-order chi connectivity index (χ0) is 12.1. The van der Waals surface area contributed by atoms with Crippen molar-refractivity contribution >= 4 is 5.91 Å². The largest absolute Gasteiger partial charge is 0.393 e. The average Bonchev–Trinajstić information content (AvgIpc) is 2.16. The zero-order valence-electron chi connectivity index (χ0n) is 9.41. The topological polar surface area (TPSA) is 82.2 Å². The number of hydrogen-bond donors (Lipinski definition) is 3.